The average Bonchev–Trinajstić information content (AvgIpc) is 2.15. The summed E-state index contributed by atoms with van der Waals surface area (Å²) >= 11 is 0. The first-order chi connectivity index (χ1) is 6.64. The fourth-order valence-electron chi connectivity index (χ4n) is 0.368. The number of phosphoric acid groups is 1. The molecule has 0 radical (unpaired) electrons. The van der Waals surface area contributed by atoms with Gasteiger partial charge in [-0.3, -0.25) is 0 Å². The SMILES string of the molecule is O=P(OF)(OF)OC(F)(CF)C(F)(F)F. The lowest BCUT2D eigenvalue weighted by atomic mass is 10.3. The van der Waals surface area contributed by atoms with Gasteiger partial charge in [0.1, 0.15) is 0 Å². The summed E-state index contributed by atoms with van der Waals surface area (Å²) < 4.78 is 98.5. The summed E-state index contributed by atoms with van der Waals surface area (Å²) in [5, 5.41) is 0. The van der Waals surface area contributed by atoms with E-state index in [-0.39, 0.29) is 0 Å². The summed E-state index contributed by atoms with van der Waals surface area (Å²) in [7, 11) is -6.08. The molecule has 0 spiro atoms. The van der Waals surface area contributed by atoms with Gasteiger partial charge in [0.2, 0.25) is 0 Å². The lowest BCUT2D eigenvalue weighted by Crippen LogP contribution is -2.44. The van der Waals surface area contributed by atoms with E-state index in [1.54, 1.807) is 0 Å². The zero-order chi connectivity index (χ0) is 12.3. The van der Waals surface area contributed by atoms with Crippen molar-refractivity contribution in [1.29, 1.82) is 0 Å². The molecule has 92 valence electrons. The predicted octanol–water partition coefficient (Wildman–Crippen LogP) is 3.11. The minimum absolute atomic E-state index is 2.01. The summed E-state index contributed by atoms with van der Waals surface area (Å²) in [6.45, 7) is -2.90. The van der Waals surface area contributed by atoms with Crippen molar-refractivity contribution < 1.29 is 49.5 Å². The van der Waals surface area contributed by atoms with E-state index in [4.69, 9.17) is 0 Å². The number of hydrogen-bond donors (Lipinski definition) is 0. The maximum absolute atomic E-state index is 12.5. The Bertz CT molecular complexity index is 247. The minimum Gasteiger partial charge on any atom is -0.244 e. The third kappa shape index (κ3) is 3.30. The number of alkyl halides is 5. The zero-order valence-corrected chi connectivity index (χ0v) is 7.33. The highest BCUT2D eigenvalue weighted by Gasteiger charge is 2.62. The Kier molecular flexibility index (Phi) is 4.52. The van der Waals surface area contributed by atoms with Crippen molar-refractivity contribution in [3.63, 3.8) is 0 Å². The van der Waals surface area contributed by atoms with E-state index in [0.29, 0.717) is 0 Å². The van der Waals surface area contributed by atoms with Crippen molar-refractivity contribution >= 4 is 7.82 Å². The van der Waals surface area contributed by atoms with Crippen molar-refractivity contribution in [3.05, 3.63) is 0 Å². The molecule has 0 aromatic carbocycles. The Morgan fingerprint density at radius 3 is 1.67 bits per heavy atom. The standard InChI is InChI=1S/C3H2F7O4P/c4-1-2(5,3(6,7)8)12-15(11,13-9)14-10/h1H2. The highest BCUT2D eigenvalue weighted by molar-refractivity contribution is 7.48. The van der Waals surface area contributed by atoms with Gasteiger partial charge in [0.05, 0.1) is 0 Å². The van der Waals surface area contributed by atoms with Gasteiger partial charge < -0.3 is 0 Å². The van der Waals surface area contributed by atoms with Crippen LogP contribution >= 0.6 is 7.82 Å². The Morgan fingerprint density at radius 2 is 1.47 bits per heavy atom. The summed E-state index contributed by atoms with van der Waals surface area (Å²) in [4.78, 5) is 0. The molecule has 15 heavy (non-hydrogen) atoms. The minimum atomic E-state index is -6.08. The second-order valence-corrected chi connectivity index (χ2v) is 3.39. The van der Waals surface area contributed by atoms with Gasteiger partial charge in [-0.15, -0.1) is 0 Å². The molecule has 0 N–H and O–H groups in total. The topological polar surface area (TPSA) is 44.8 Å². The Hall–Kier alpha value is -0.380. The van der Waals surface area contributed by atoms with Gasteiger partial charge in [0, 0.05) is 0 Å². The Labute approximate surface area is 77.3 Å². The fraction of sp³-hybridized carbons (Fsp3) is 1.00. The van der Waals surface area contributed by atoms with Crippen LogP contribution in [0, 0.1) is 0 Å². The maximum atomic E-state index is 12.5. The molecule has 0 saturated carbocycles. The van der Waals surface area contributed by atoms with Gasteiger partial charge in [-0.25, -0.2) is 13.5 Å². The van der Waals surface area contributed by atoms with E-state index in [0.717, 1.165) is 0 Å². The summed E-state index contributed by atoms with van der Waals surface area (Å²) in [6.07, 6.45) is -6.02. The van der Waals surface area contributed by atoms with Gasteiger partial charge in [0.25, 0.3) is 0 Å². The predicted molar refractivity (Wildman–Crippen MR) is 28.9 cm³/mol. The van der Waals surface area contributed by atoms with Gasteiger partial charge in [-0.2, -0.15) is 17.6 Å². The number of rotatable bonds is 5. The average molecular weight is 266 g/mol. The number of hydrogen-bond acceptors (Lipinski definition) is 4. The molecule has 0 bridgehead atoms. The van der Waals surface area contributed by atoms with Crippen molar-refractivity contribution in [2.45, 2.75) is 12.0 Å². The molecule has 0 saturated heterocycles. The molecular formula is C3H2F7O4P. The van der Waals surface area contributed by atoms with Crippen LogP contribution in [0.4, 0.5) is 31.0 Å². The molecule has 1 unspecified atom stereocenters. The first-order valence-electron chi connectivity index (χ1n) is 2.87. The third-order valence-electron chi connectivity index (χ3n) is 1.02. The monoisotopic (exact) mass is 266 g/mol. The molecule has 0 aromatic rings. The number of halogens is 7. The van der Waals surface area contributed by atoms with Crippen LogP contribution in [0.1, 0.15) is 0 Å². The summed E-state index contributed by atoms with van der Waals surface area (Å²) in [5.74, 6) is -5.19. The smallest absolute Gasteiger partial charge is 0.244 e. The van der Waals surface area contributed by atoms with E-state index in [1.165, 1.54) is 0 Å². The van der Waals surface area contributed by atoms with Crippen molar-refractivity contribution in [3.8, 4) is 0 Å². The quantitative estimate of drug-likeness (QED) is 0.566. The van der Waals surface area contributed by atoms with Crippen LogP contribution in [-0.4, -0.2) is 18.7 Å². The molecular weight excluding hydrogens is 264 g/mol. The van der Waals surface area contributed by atoms with Crippen molar-refractivity contribution in [1.82, 2.24) is 0 Å². The van der Waals surface area contributed by atoms with Crippen LogP contribution in [0.2, 0.25) is 0 Å². The molecule has 0 aliphatic carbocycles. The third-order valence-corrected chi connectivity index (χ3v) is 1.87. The Morgan fingerprint density at radius 1 is 1.07 bits per heavy atom. The van der Waals surface area contributed by atoms with Crippen molar-refractivity contribution in [2.75, 3.05) is 6.67 Å². The molecule has 0 heterocycles. The van der Waals surface area contributed by atoms with Crippen LogP contribution in [0.3, 0.4) is 0 Å². The van der Waals surface area contributed by atoms with E-state index < -0.39 is 26.5 Å². The van der Waals surface area contributed by atoms with Crippen LogP contribution in [0.15, 0.2) is 0 Å². The van der Waals surface area contributed by atoms with Gasteiger partial charge in [-0.1, -0.05) is 9.46 Å². The van der Waals surface area contributed by atoms with Crippen LogP contribution in [-0.2, 0) is 18.5 Å². The molecule has 0 rings (SSSR count). The molecule has 4 nitrogen and oxygen atoms in total. The fourth-order valence-corrected chi connectivity index (χ4v) is 0.952. The van der Waals surface area contributed by atoms with Crippen LogP contribution in [0.25, 0.3) is 0 Å². The molecule has 0 aliphatic heterocycles. The molecule has 12 heteroatoms. The first kappa shape index (κ1) is 14.6. The largest absolute Gasteiger partial charge is 0.540 e. The van der Waals surface area contributed by atoms with E-state index in [1.807, 2.05) is 9.46 Å². The van der Waals surface area contributed by atoms with E-state index >= 15 is 0 Å². The van der Waals surface area contributed by atoms with Gasteiger partial charge >= 0.3 is 19.9 Å². The van der Waals surface area contributed by atoms with Gasteiger partial charge in [-0.05, 0) is 9.05 Å². The van der Waals surface area contributed by atoms with Gasteiger partial charge in [0.15, 0.2) is 6.67 Å². The van der Waals surface area contributed by atoms with Crippen LogP contribution in [0.5, 0.6) is 0 Å². The summed E-state index contributed by atoms with van der Waals surface area (Å²) in [5.41, 5.74) is 0. The lowest BCUT2D eigenvalue weighted by molar-refractivity contribution is -0.318. The molecule has 0 amide bonds. The molecule has 0 aromatic heterocycles. The summed E-state index contributed by atoms with van der Waals surface area (Å²) in [6, 6.07) is 0. The van der Waals surface area contributed by atoms with Crippen molar-refractivity contribution in [2.24, 2.45) is 0 Å². The molecule has 0 fully saturated rings. The lowest BCUT2D eigenvalue weighted by Gasteiger charge is -2.24. The highest BCUT2D eigenvalue weighted by Crippen LogP contribution is 2.56. The Balaban J connectivity index is 4.95. The maximum Gasteiger partial charge on any atom is 0.540 e. The van der Waals surface area contributed by atoms with Crippen LogP contribution < -0.4 is 0 Å². The zero-order valence-electron chi connectivity index (χ0n) is 6.43. The first-order valence-corrected chi connectivity index (χ1v) is 4.33. The highest BCUT2D eigenvalue weighted by atomic mass is 31.2. The molecule has 0 aliphatic rings. The second kappa shape index (κ2) is 4.64. The van der Waals surface area contributed by atoms with E-state index in [2.05, 4.69) is 4.52 Å². The normalized spacial score (nSPS) is 17.5. The second-order valence-electron chi connectivity index (χ2n) is 2.04. The molecule has 1 atom stereocenters. The van der Waals surface area contributed by atoms with E-state index in [9.17, 15) is 35.6 Å².